The maximum Gasteiger partial charge on any atom is 0.281 e. The predicted octanol–water partition coefficient (Wildman–Crippen LogP) is 5.40. The molecule has 21 heavy (non-hydrogen) atoms. The Morgan fingerprint density at radius 3 is 1.90 bits per heavy atom. The zero-order valence-electron chi connectivity index (χ0n) is 11.0. The summed E-state index contributed by atoms with van der Waals surface area (Å²) in [4.78, 5) is 3.63. The van der Waals surface area contributed by atoms with Crippen LogP contribution in [0, 0.1) is 0 Å². The lowest BCUT2D eigenvalue weighted by molar-refractivity contribution is 0.0250. The van der Waals surface area contributed by atoms with E-state index < -0.39 is 35.7 Å². The molecule has 0 saturated heterocycles. The Balaban J connectivity index is 2.82. The second kappa shape index (κ2) is 7.40. The molecule has 122 valence electrons. The summed E-state index contributed by atoms with van der Waals surface area (Å²) in [6.07, 6.45) is -7.42. The first kappa shape index (κ1) is 18.9. The molecule has 0 spiro atoms. The maximum atomic E-state index is 13.8. The Morgan fingerprint density at radius 2 is 1.48 bits per heavy atom. The summed E-state index contributed by atoms with van der Waals surface area (Å²) in [6, 6.07) is 0. The van der Waals surface area contributed by atoms with Crippen LogP contribution in [-0.4, -0.2) is 32.2 Å². The van der Waals surface area contributed by atoms with Crippen molar-refractivity contribution in [2.24, 2.45) is 0 Å². The fraction of sp³-hybridized carbons (Fsp3) is 0.800. The minimum Gasteiger partial charge on any atom is -0.225 e. The van der Waals surface area contributed by atoms with Gasteiger partial charge < -0.3 is 0 Å². The third-order valence-corrected chi connectivity index (χ3v) is 5.87. The monoisotopic (exact) mass is 370 g/mol. The number of rotatable bonds is 8. The summed E-state index contributed by atoms with van der Waals surface area (Å²) in [5.41, 5.74) is 0. The fourth-order valence-corrected chi connectivity index (χ4v) is 3.83. The molecule has 0 bridgehead atoms. The molecule has 0 saturated carbocycles. The first-order valence-electron chi connectivity index (χ1n) is 5.82. The molecule has 0 aliphatic rings. The molecule has 0 amide bonds. The molecular weight excluding hydrogens is 358 g/mol. The number of hydrogen-bond acceptors (Lipinski definition) is 5. The average molecular weight is 370 g/mol. The largest absolute Gasteiger partial charge is 0.281 e. The zero-order chi connectivity index (χ0) is 16.3. The molecule has 11 heteroatoms. The number of halogens is 6. The smallest absolute Gasteiger partial charge is 0.225 e. The summed E-state index contributed by atoms with van der Waals surface area (Å²) in [7, 11) is 0. The quantitative estimate of drug-likeness (QED) is 0.452. The van der Waals surface area contributed by atoms with Gasteiger partial charge in [-0.1, -0.05) is 13.8 Å². The number of aromatic nitrogens is 2. The maximum absolute atomic E-state index is 13.8. The van der Waals surface area contributed by atoms with E-state index >= 15 is 0 Å². The van der Waals surface area contributed by atoms with Gasteiger partial charge in [0.1, 0.15) is 0 Å². The Labute approximate surface area is 130 Å². The molecule has 2 unspecified atom stereocenters. The number of alkyl halides is 6. The van der Waals surface area contributed by atoms with E-state index in [9.17, 15) is 26.3 Å². The van der Waals surface area contributed by atoms with Crippen LogP contribution in [0.1, 0.15) is 26.7 Å². The van der Waals surface area contributed by atoms with Gasteiger partial charge in [-0.25, -0.2) is 31.3 Å². The molecule has 0 aliphatic heterocycles. The second-order valence-electron chi connectivity index (χ2n) is 3.93. The SMILES string of the molecule is CCC(F)(Sc1nsc(SC(F)(CC)C(F)F)n1)C(F)F. The lowest BCUT2D eigenvalue weighted by Gasteiger charge is -2.20. The van der Waals surface area contributed by atoms with Crippen LogP contribution in [0.3, 0.4) is 0 Å². The highest BCUT2D eigenvalue weighted by atomic mass is 32.2. The average Bonchev–Trinajstić information content (AvgIpc) is 2.84. The highest BCUT2D eigenvalue weighted by molar-refractivity contribution is 8.02. The molecule has 0 aliphatic carbocycles. The van der Waals surface area contributed by atoms with Crippen molar-refractivity contribution in [3.8, 4) is 0 Å². The zero-order valence-corrected chi connectivity index (χ0v) is 13.4. The molecular formula is C10H12F6N2S3. The fourth-order valence-electron chi connectivity index (χ4n) is 1.12. The summed E-state index contributed by atoms with van der Waals surface area (Å²) in [5, 5.41) is -6.01. The van der Waals surface area contributed by atoms with Crippen LogP contribution in [0.4, 0.5) is 26.3 Å². The van der Waals surface area contributed by atoms with Crippen molar-refractivity contribution in [1.82, 2.24) is 9.36 Å². The molecule has 0 fully saturated rings. The van der Waals surface area contributed by atoms with Crippen molar-refractivity contribution in [2.75, 3.05) is 0 Å². The van der Waals surface area contributed by atoms with Gasteiger partial charge in [0.2, 0.25) is 15.2 Å². The topological polar surface area (TPSA) is 25.8 Å². The van der Waals surface area contributed by atoms with Crippen LogP contribution in [0.5, 0.6) is 0 Å². The minimum absolute atomic E-state index is 0.110. The summed E-state index contributed by atoms with van der Waals surface area (Å²) in [5.74, 6) is 0. The van der Waals surface area contributed by atoms with E-state index in [-0.39, 0.29) is 33.0 Å². The molecule has 0 N–H and O–H groups in total. The van der Waals surface area contributed by atoms with Crippen LogP contribution >= 0.6 is 35.1 Å². The standard InChI is InChI=1S/C10H12F6N2S3/c1-3-9(15,5(11)12)19-7-17-8(21-18-7)20-10(16,4-2)6(13)14/h5-6H,3-4H2,1-2H3. The van der Waals surface area contributed by atoms with Crippen LogP contribution in [0.15, 0.2) is 9.50 Å². The summed E-state index contributed by atoms with van der Waals surface area (Å²) >= 11 is 0.845. The molecule has 2 atom stereocenters. The molecule has 0 radical (unpaired) electrons. The third-order valence-electron chi connectivity index (χ3n) is 2.52. The highest BCUT2D eigenvalue weighted by Gasteiger charge is 2.43. The Bertz CT molecular complexity index is 421. The predicted molar refractivity (Wildman–Crippen MR) is 71.9 cm³/mol. The molecule has 0 aromatic carbocycles. The second-order valence-corrected chi connectivity index (χ2v) is 7.46. The van der Waals surface area contributed by atoms with Crippen LogP contribution in [0.25, 0.3) is 0 Å². The van der Waals surface area contributed by atoms with Gasteiger partial charge in [0.15, 0.2) is 4.34 Å². The first-order chi connectivity index (χ1) is 9.66. The van der Waals surface area contributed by atoms with Crippen molar-refractivity contribution < 1.29 is 26.3 Å². The first-order valence-corrected chi connectivity index (χ1v) is 8.23. The van der Waals surface area contributed by atoms with Crippen LogP contribution in [0.2, 0.25) is 0 Å². The molecule has 1 heterocycles. The van der Waals surface area contributed by atoms with Gasteiger partial charge in [-0.2, -0.15) is 4.37 Å². The van der Waals surface area contributed by atoms with E-state index in [0.29, 0.717) is 11.5 Å². The van der Waals surface area contributed by atoms with Gasteiger partial charge in [0, 0.05) is 0 Å². The normalized spacial score (nSPS) is 18.0. The van der Waals surface area contributed by atoms with Crippen molar-refractivity contribution in [1.29, 1.82) is 0 Å². The van der Waals surface area contributed by atoms with Gasteiger partial charge >= 0.3 is 0 Å². The molecule has 1 aromatic heterocycles. The van der Waals surface area contributed by atoms with E-state index in [1.54, 1.807) is 0 Å². The highest BCUT2D eigenvalue weighted by Crippen LogP contribution is 2.45. The third kappa shape index (κ3) is 4.65. The number of nitrogens with zero attached hydrogens (tertiary/aromatic N) is 2. The number of hydrogen-bond donors (Lipinski definition) is 0. The lowest BCUT2D eigenvalue weighted by atomic mass is 10.3. The Kier molecular flexibility index (Phi) is 6.66. The van der Waals surface area contributed by atoms with Gasteiger partial charge in [-0.15, -0.1) is 0 Å². The summed E-state index contributed by atoms with van der Waals surface area (Å²) in [6.45, 7) is 2.48. The van der Waals surface area contributed by atoms with E-state index in [2.05, 4.69) is 9.36 Å². The Hall–Kier alpha value is -0.160. The van der Waals surface area contributed by atoms with Gasteiger partial charge in [-0.05, 0) is 47.9 Å². The molecule has 1 rings (SSSR count). The van der Waals surface area contributed by atoms with E-state index in [0.717, 1.165) is 0 Å². The Morgan fingerprint density at radius 1 is 1.00 bits per heavy atom. The minimum atomic E-state index is -3.25. The van der Waals surface area contributed by atoms with Crippen molar-refractivity contribution in [2.45, 2.75) is 59.0 Å². The van der Waals surface area contributed by atoms with Crippen molar-refractivity contribution in [3.63, 3.8) is 0 Å². The van der Waals surface area contributed by atoms with E-state index in [4.69, 9.17) is 0 Å². The molecule has 2 nitrogen and oxygen atoms in total. The summed E-state index contributed by atoms with van der Waals surface area (Å²) < 4.78 is 81.5. The van der Waals surface area contributed by atoms with Crippen LogP contribution < -0.4 is 0 Å². The van der Waals surface area contributed by atoms with Gasteiger partial charge in [0.05, 0.1) is 0 Å². The van der Waals surface area contributed by atoms with Gasteiger partial charge in [-0.3, -0.25) is 0 Å². The van der Waals surface area contributed by atoms with Crippen molar-refractivity contribution >= 4 is 35.1 Å². The van der Waals surface area contributed by atoms with Gasteiger partial charge in [0.25, 0.3) is 12.9 Å². The lowest BCUT2D eigenvalue weighted by Crippen LogP contribution is -2.27. The van der Waals surface area contributed by atoms with Crippen molar-refractivity contribution in [3.05, 3.63) is 0 Å². The van der Waals surface area contributed by atoms with E-state index in [1.807, 2.05) is 0 Å². The van der Waals surface area contributed by atoms with E-state index in [1.165, 1.54) is 13.8 Å². The molecule has 1 aromatic rings. The van der Waals surface area contributed by atoms with Crippen LogP contribution in [-0.2, 0) is 0 Å². The number of thioether (sulfide) groups is 2.